The third-order valence-electron chi connectivity index (χ3n) is 6.32. The maximum Gasteiger partial charge on any atom is 0.407 e. The van der Waals surface area contributed by atoms with E-state index in [2.05, 4.69) is 17.2 Å². The van der Waals surface area contributed by atoms with E-state index in [1.165, 1.54) is 6.92 Å². The molecule has 36 heavy (non-hydrogen) atoms. The van der Waals surface area contributed by atoms with Crippen molar-refractivity contribution in [3.05, 3.63) is 12.7 Å². The van der Waals surface area contributed by atoms with E-state index in [9.17, 15) is 19.2 Å². The Morgan fingerprint density at radius 1 is 0.778 bits per heavy atom. The van der Waals surface area contributed by atoms with Crippen LogP contribution in [0.5, 0.6) is 0 Å². The summed E-state index contributed by atoms with van der Waals surface area (Å²) in [5, 5.41) is 5.67. The third kappa shape index (κ3) is 11.3. The highest BCUT2D eigenvalue weighted by atomic mass is 16.6. The van der Waals surface area contributed by atoms with Crippen molar-refractivity contribution in [3.8, 4) is 0 Å². The Morgan fingerprint density at radius 2 is 1.33 bits per heavy atom. The van der Waals surface area contributed by atoms with Gasteiger partial charge in [0, 0.05) is 26.1 Å². The number of carbonyl (C=O) groups excluding carboxylic acids is 4. The topological polar surface area (TPSA) is 148 Å². The van der Waals surface area contributed by atoms with Crippen LogP contribution in [0.1, 0.15) is 26.2 Å². The second-order valence-electron chi connectivity index (χ2n) is 8.63. The molecule has 2 aliphatic rings. The van der Waals surface area contributed by atoms with Crippen LogP contribution in [-0.4, -0.2) is 90.1 Å². The molecule has 0 spiro atoms. The van der Waals surface area contributed by atoms with Gasteiger partial charge in [0.1, 0.15) is 26.4 Å². The molecule has 0 aliphatic heterocycles. The minimum absolute atomic E-state index is 0.102. The SMILES string of the molecule is C=CC(=O)OCCOCCOC(=O)NCC1C2CCC1C(CNC(=O)OCCOCCOC(C)=O)C2. The zero-order valence-corrected chi connectivity index (χ0v) is 20.9. The highest BCUT2D eigenvalue weighted by Gasteiger charge is 2.47. The third-order valence-corrected chi connectivity index (χ3v) is 6.32. The van der Waals surface area contributed by atoms with E-state index >= 15 is 0 Å². The summed E-state index contributed by atoms with van der Waals surface area (Å²) in [7, 11) is 0. The molecule has 2 N–H and O–H groups in total. The molecule has 2 aliphatic carbocycles. The Kier molecular flexibility index (Phi) is 13.7. The normalized spacial score (nSPS) is 21.9. The molecule has 204 valence electrons. The molecule has 0 aromatic heterocycles. The minimum Gasteiger partial charge on any atom is -0.463 e. The summed E-state index contributed by atoms with van der Waals surface area (Å²) in [5.41, 5.74) is 0. The Morgan fingerprint density at radius 3 is 1.92 bits per heavy atom. The summed E-state index contributed by atoms with van der Waals surface area (Å²) in [6, 6.07) is 0. The molecule has 2 amide bonds. The first-order chi connectivity index (χ1) is 17.4. The van der Waals surface area contributed by atoms with Gasteiger partial charge in [-0.05, 0) is 42.9 Å². The van der Waals surface area contributed by atoms with Crippen molar-refractivity contribution in [2.45, 2.75) is 26.2 Å². The fourth-order valence-electron chi connectivity index (χ4n) is 4.79. The number of nitrogens with one attached hydrogen (secondary N) is 2. The molecule has 4 unspecified atom stereocenters. The molecule has 0 radical (unpaired) electrons. The molecule has 0 aromatic carbocycles. The Labute approximate surface area is 211 Å². The fraction of sp³-hybridized carbons (Fsp3) is 0.750. The quantitative estimate of drug-likeness (QED) is 0.126. The molecule has 2 saturated carbocycles. The zero-order chi connectivity index (χ0) is 26.2. The Hall–Kier alpha value is -2.86. The number of hydrogen-bond acceptors (Lipinski definition) is 10. The van der Waals surface area contributed by atoms with Crippen LogP contribution in [0.15, 0.2) is 12.7 Å². The van der Waals surface area contributed by atoms with Gasteiger partial charge in [0.2, 0.25) is 0 Å². The van der Waals surface area contributed by atoms with E-state index in [0.29, 0.717) is 36.8 Å². The van der Waals surface area contributed by atoms with Crippen LogP contribution in [0.2, 0.25) is 0 Å². The number of carbonyl (C=O) groups is 4. The molecule has 4 atom stereocenters. The molecule has 0 aromatic rings. The summed E-state index contributed by atoms with van der Waals surface area (Å²) < 4.78 is 30.2. The van der Waals surface area contributed by atoms with Crippen molar-refractivity contribution in [3.63, 3.8) is 0 Å². The molecule has 12 nitrogen and oxygen atoms in total. The highest BCUT2D eigenvalue weighted by molar-refractivity contribution is 5.81. The maximum absolute atomic E-state index is 12.0. The fourth-order valence-corrected chi connectivity index (χ4v) is 4.79. The predicted octanol–water partition coefficient (Wildman–Crippen LogP) is 1.43. The molecule has 2 bridgehead atoms. The number of rotatable bonds is 17. The lowest BCUT2D eigenvalue weighted by atomic mass is 9.88. The van der Waals surface area contributed by atoms with Gasteiger partial charge in [-0.1, -0.05) is 6.58 Å². The minimum atomic E-state index is -0.510. The van der Waals surface area contributed by atoms with Crippen molar-refractivity contribution in [2.75, 3.05) is 65.9 Å². The van der Waals surface area contributed by atoms with Crippen LogP contribution >= 0.6 is 0 Å². The molecule has 2 fully saturated rings. The van der Waals surface area contributed by atoms with Gasteiger partial charge < -0.3 is 39.1 Å². The standard InChI is InChI=1S/C24H38N2O10/c1-3-22(28)34-11-7-32-9-13-36-24(30)26-16-21-18-4-5-20(21)19(14-18)15-25-23(29)35-12-8-31-6-10-33-17(2)27/h3,18-21H,1,4-16H2,2H3,(H,25,29)(H,26,30). The van der Waals surface area contributed by atoms with Crippen LogP contribution in [0.25, 0.3) is 0 Å². The van der Waals surface area contributed by atoms with Crippen molar-refractivity contribution in [1.82, 2.24) is 10.6 Å². The van der Waals surface area contributed by atoms with Gasteiger partial charge in [-0.15, -0.1) is 0 Å². The summed E-state index contributed by atoms with van der Waals surface area (Å²) in [4.78, 5) is 45.4. The number of fused-ring (bicyclic) bond motifs is 2. The van der Waals surface area contributed by atoms with Gasteiger partial charge in [0.15, 0.2) is 0 Å². The molecular weight excluding hydrogens is 476 g/mol. The lowest BCUT2D eigenvalue weighted by Gasteiger charge is -2.22. The first-order valence-corrected chi connectivity index (χ1v) is 12.3. The highest BCUT2D eigenvalue weighted by Crippen LogP contribution is 2.52. The number of amides is 2. The summed E-state index contributed by atoms with van der Waals surface area (Å²) >= 11 is 0. The zero-order valence-electron chi connectivity index (χ0n) is 20.9. The monoisotopic (exact) mass is 514 g/mol. The number of hydrogen-bond donors (Lipinski definition) is 2. The number of esters is 2. The molecule has 0 saturated heterocycles. The number of ether oxygens (including phenoxy) is 6. The van der Waals surface area contributed by atoms with E-state index < -0.39 is 18.2 Å². The van der Waals surface area contributed by atoms with Gasteiger partial charge in [0.25, 0.3) is 0 Å². The first kappa shape index (κ1) is 29.4. The van der Waals surface area contributed by atoms with Crippen LogP contribution in [-0.2, 0) is 38.0 Å². The average molecular weight is 515 g/mol. The van der Waals surface area contributed by atoms with Gasteiger partial charge in [-0.25, -0.2) is 14.4 Å². The second kappa shape index (κ2) is 16.7. The summed E-state index contributed by atoms with van der Waals surface area (Å²) in [5.74, 6) is 0.789. The largest absolute Gasteiger partial charge is 0.463 e. The van der Waals surface area contributed by atoms with Gasteiger partial charge in [0.05, 0.1) is 26.4 Å². The second-order valence-corrected chi connectivity index (χ2v) is 8.63. The smallest absolute Gasteiger partial charge is 0.407 e. The van der Waals surface area contributed by atoms with Gasteiger partial charge in [-0.2, -0.15) is 0 Å². The van der Waals surface area contributed by atoms with E-state index in [0.717, 1.165) is 25.3 Å². The summed E-state index contributed by atoms with van der Waals surface area (Å²) in [6.45, 7) is 7.10. The van der Waals surface area contributed by atoms with Crippen molar-refractivity contribution >= 4 is 24.1 Å². The van der Waals surface area contributed by atoms with E-state index in [4.69, 9.17) is 28.4 Å². The van der Waals surface area contributed by atoms with Crippen molar-refractivity contribution < 1.29 is 47.6 Å². The van der Waals surface area contributed by atoms with Crippen molar-refractivity contribution in [2.24, 2.45) is 23.7 Å². The molecule has 0 heterocycles. The van der Waals surface area contributed by atoms with E-state index in [1.54, 1.807) is 0 Å². The van der Waals surface area contributed by atoms with E-state index in [1.807, 2.05) is 0 Å². The van der Waals surface area contributed by atoms with E-state index in [-0.39, 0.29) is 58.8 Å². The lowest BCUT2D eigenvalue weighted by molar-refractivity contribution is -0.142. The molecular formula is C24H38N2O10. The summed E-state index contributed by atoms with van der Waals surface area (Å²) in [6.07, 6.45) is 3.32. The Balaban J connectivity index is 1.51. The van der Waals surface area contributed by atoms with Crippen molar-refractivity contribution in [1.29, 1.82) is 0 Å². The predicted molar refractivity (Wildman–Crippen MR) is 126 cm³/mol. The van der Waals surface area contributed by atoms with Crippen LogP contribution in [0, 0.1) is 23.7 Å². The number of alkyl carbamates (subject to hydrolysis) is 2. The average Bonchev–Trinajstić information content (AvgIpc) is 3.41. The Bertz CT molecular complexity index is 732. The first-order valence-electron chi connectivity index (χ1n) is 12.3. The molecule has 12 heteroatoms. The van der Waals surface area contributed by atoms with Crippen LogP contribution < -0.4 is 10.6 Å². The maximum atomic E-state index is 12.0. The lowest BCUT2D eigenvalue weighted by Crippen LogP contribution is -2.35. The molecule has 2 rings (SSSR count). The van der Waals surface area contributed by atoms with Crippen LogP contribution in [0.4, 0.5) is 9.59 Å². The van der Waals surface area contributed by atoms with Gasteiger partial charge in [-0.3, -0.25) is 4.79 Å². The van der Waals surface area contributed by atoms with Crippen LogP contribution in [0.3, 0.4) is 0 Å². The van der Waals surface area contributed by atoms with Gasteiger partial charge >= 0.3 is 24.1 Å².